The van der Waals surface area contributed by atoms with E-state index in [4.69, 9.17) is 0 Å². The van der Waals surface area contributed by atoms with E-state index in [1.165, 1.54) is 12.4 Å². The number of alkyl halides is 2. The molecule has 0 spiro atoms. The van der Waals surface area contributed by atoms with Crippen LogP contribution in [0, 0.1) is 15.9 Å². The van der Waals surface area contributed by atoms with Crippen LogP contribution in [-0.4, -0.2) is 31.3 Å². The normalized spacial score (nSPS) is 11.1. The van der Waals surface area contributed by atoms with Crippen molar-refractivity contribution in [2.75, 3.05) is 5.32 Å². The van der Waals surface area contributed by atoms with Crippen molar-refractivity contribution in [3.8, 4) is 17.0 Å². The predicted octanol–water partition coefficient (Wildman–Crippen LogP) is 4.42. The van der Waals surface area contributed by atoms with E-state index in [1.54, 1.807) is 10.9 Å². The summed E-state index contributed by atoms with van der Waals surface area (Å²) in [7, 11) is 1.82. The maximum atomic E-state index is 13.9. The Labute approximate surface area is 172 Å². The van der Waals surface area contributed by atoms with Crippen molar-refractivity contribution in [3.05, 3.63) is 64.9 Å². The van der Waals surface area contributed by atoms with Crippen LogP contribution in [0.15, 0.2) is 48.9 Å². The Bertz CT molecular complexity index is 1290. The molecule has 1 N–H and O–H groups in total. The van der Waals surface area contributed by atoms with E-state index in [0.29, 0.717) is 11.8 Å². The van der Waals surface area contributed by atoms with Crippen LogP contribution in [0.3, 0.4) is 0 Å². The molecular formula is C19H13F3N6O3. The summed E-state index contributed by atoms with van der Waals surface area (Å²) in [4.78, 5) is 18.2. The second kappa shape index (κ2) is 7.89. The molecule has 2 aromatic heterocycles. The highest BCUT2D eigenvalue weighted by Crippen LogP contribution is 2.35. The number of anilines is 2. The number of hydrogen-bond donors (Lipinski definition) is 1. The first-order valence-electron chi connectivity index (χ1n) is 8.76. The third kappa shape index (κ3) is 4.08. The third-order valence-corrected chi connectivity index (χ3v) is 4.43. The van der Waals surface area contributed by atoms with Crippen molar-refractivity contribution in [2.45, 2.75) is 6.61 Å². The van der Waals surface area contributed by atoms with Gasteiger partial charge < -0.3 is 10.1 Å². The lowest BCUT2D eigenvalue weighted by atomic mass is 10.1. The van der Waals surface area contributed by atoms with E-state index < -0.39 is 28.8 Å². The van der Waals surface area contributed by atoms with Gasteiger partial charge in [-0.15, -0.1) is 0 Å². The molecule has 4 aromatic rings. The number of hydrogen-bond acceptors (Lipinski definition) is 7. The summed E-state index contributed by atoms with van der Waals surface area (Å²) >= 11 is 0. The molecule has 0 radical (unpaired) electrons. The first-order valence-corrected chi connectivity index (χ1v) is 8.76. The molecule has 0 atom stereocenters. The molecule has 2 aromatic carbocycles. The fraction of sp³-hybridized carbons (Fsp3) is 0.105. The standard InChI is InChI=1S/C19H13F3N6O3/c1-27-15-3-2-10(4-11(15)8-25-27)13-7-18(24-9-23-13)26-14-6-16(28(29)30)12(20)5-17(14)31-19(21)22/h2-9,19H,1H3,(H,23,24,26). The average Bonchev–Trinajstić information content (AvgIpc) is 3.09. The van der Waals surface area contributed by atoms with Crippen LogP contribution in [0.5, 0.6) is 5.75 Å². The Balaban J connectivity index is 1.71. The second-order valence-corrected chi connectivity index (χ2v) is 6.39. The number of ether oxygens (including phenoxy) is 1. The van der Waals surface area contributed by atoms with Gasteiger partial charge in [-0.05, 0) is 12.1 Å². The molecule has 31 heavy (non-hydrogen) atoms. The van der Waals surface area contributed by atoms with Gasteiger partial charge in [0.2, 0.25) is 5.82 Å². The highest BCUT2D eigenvalue weighted by atomic mass is 19.3. The summed E-state index contributed by atoms with van der Waals surface area (Å²) in [5.74, 6) is -1.77. The number of halogens is 3. The highest BCUT2D eigenvalue weighted by Gasteiger charge is 2.21. The van der Waals surface area contributed by atoms with Gasteiger partial charge in [-0.3, -0.25) is 14.8 Å². The molecule has 0 aliphatic rings. The fourth-order valence-electron chi connectivity index (χ4n) is 3.02. The predicted molar refractivity (Wildman–Crippen MR) is 105 cm³/mol. The van der Waals surface area contributed by atoms with Crippen molar-refractivity contribution in [1.29, 1.82) is 0 Å². The number of rotatable bonds is 6. The SMILES string of the molecule is Cn1ncc2cc(-c3cc(Nc4cc([N+](=O)[O-])c(F)cc4OC(F)F)ncn3)ccc21. The van der Waals surface area contributed by atoms with Crippen molar-refractivity contribution in [1.82, 2.24) is 19.7 Å². The van der Waals surface area contributed by atoms with E-state index in [9.17, 15) is 23.3 Å². The molecule has 0 aliphatic heterocycles. The Kier molecular flexibility index (Phi) is 5.11. The molecule has 0 saturated carbocycles. The number of aryl methyl sites for hydroxylation is 1. The summed E-state index contributed by atoms with van der Waals surface area (Å²) in [5, 5.41) is 18.7. The molecule has 4 rings (SSSR count). The molecule has 158 valence electrons. The molecule has 9 nitrogen and oxygen atoms in total. The topological polar surface area (TPSA) is 108 Å². The molecule has 2 heterocycles. The number of nitro groups is 1. The minimum absolute atomic E-state index is 0.135. The molecule has 0 fully saturated rings. The summed E-state index contributed by atoms with van der Waals surface area (Å²) in [6.07, 6.45) is 2.93. The third-order valence-electron chi connectivity index (χ3n) is 4.43. The number of fused-ring (bicyclic) bond motifs is 1. The lowest BCUT2D eigenvalue weighted by Gasteiger charge is -2.13. The molecule has 0 bridgehead atoms. The Hall–Kier alpha value is -4.22. The lowest BCUT2D eigenvalue weighted by Crippen LogP contribution is -2.07. The molecule has 12 heteroatoms. The van der Waals surface area contributed by atoms with Crippen LogP contribution < -0.4 is 10.1 Å². The van der Waals surface area contributed by atoms with E-state index in [1.807, 2.05) is 25.2 Å². The fourth-order valence-corrected chi connectivity index (χ4v) is 3.02. The number of nitrogens with one attached hydrogen (secondary N) is 1. The highest BCUT2D eigenvalue weighted by molar-refractivity contribution is 5.84. The van der Waals surface area contributed by atoms with Gasteiger partial charge in [-0.2, -0.15) is 18.3 Å². The van der Waals surface area contributed by atoms with Gasteiger partial charge in [0.15, 0.2) is 5.75 Å². The maximum absolute atomic E-state index is 13.9. The first kappa shape index (κ1) is 20.1. The van der Waals surface area contributed by atoms with Gasteiger partial charge in [0.25, 0.3) is 0 Å². The summed E-state index contributed by atoms with van der Waals surface area (Å²) in [6, 6.07) is 8.35. The van der Waals surface area contributed by atoms with Crippen molar-refractivity contribution in [3.63, 3.8) is 0 Å². The monoisotopic (exact) mass is 430 g/mol. The number of nitro benzene ring substituents is 1. The van der Waals surface area contributed by atoms with Crippen LogP contribution in [0.2, 0.25) is 0 Å². The quantitative estimate of drug-likeness (QED) is 0.356. The summed E-state index contributed by atoms with van der Waals surface area (Å²) in [6.45, 7) is -3.26. The maximum Gasteiger partial charge on any atom is 0.387 e. The number of aromatic nitrogens is 4. The largest absolute Gasteiger partial charge is 0.432 e. The van der Waals surface area contributed by atoms with Crippen LogP contribution in [-0.2, 0) is 7.05 Å². The number of benzene rings is 2. The zero-order valence-corrected chi connectivity index (χ0v) is 15.8. The Morgan fingerprint density at radius 3 is 2.74 bits per heavy atom. The van der Waals surface area contributed by atoms with E-state index >= 15 is 0 Å². The molecule has 0 amide bonds. The second-order valence-electron chi connectivity index (χ2n) is 6.39. The smallest absolute Gasteiger partial charge is 0.387 e. The van der Waals surface area contributed by atoms with E-state index in [0.717, 1.165) is 22.5 Å². The van der Waals surface area contributed by atoms with Crippen molar-refractivity contribution < 1.29 is 22.8 Å². The van der Waals surface area contributed by atoms with Gasteiger partial charge in [0, 0.05) is 36.2 Å². The first-order chi connectivity index (χ1) is 14.8. The summed E-state index contributed by atoms with van der Waals surface area (Å²) < 4.78 is 45.3. The van der Waals surface area contributed by atoms with Gasteiger partial charge in [0.1, 0.15) is 12.1 Å². The van der Waals surface area contributed by atoms with Crippen molar-refractivity contribution in [2.24, 2.45) is 7.05 Å². The summed E-state index contributed by atoms with van der Waals surface area (Å²) in [5.41, 5.74) is 1.00. The molecule has 0 aliphatic carbocycles. The van der Waals surface area contributed by atoms with Crippen molar-refractivity contribution >= 4 is 28.1 Å². The zero-order valence-electron chi connectivity index (χ0n) is 15.8. The minimum Gasteiger partial charge on any atom is -0.432 e. The molecule has 0 unspecified atom stereocenters. The Morgan fingerprint density at radius 2 is 2.00 bits per heavy atom. The van der Waals surface area contributed by atoms with Crippen LogP contribution >= 0.6 is 0 Å². The molecular weight excluding hydrogens is 417 g/mol. The zero-order chi connectivity index (χ0) is 22.1. The Morgan fingerprint density at radius 1 is 1.19 bits per heavy atom. The van der Waals surface area contributed by atoms with Gasteiger partial charge in [-0.25, -0.2) is 9.97 Å². The van der Waals surface area contributed by atoms with Gasteiger partial charge in [0.05, 0.1) is 28.0 Å². The van der Waals surface area contributed by atoms with Crippen LogP contribution in [0.4, 0.5) is 30.4 Å². The lowest BCUT2D eigenvalue weighted by molar-refractivity contribution is -0.387. The van der Waals surface area contributed by atoms with E-state index in [-0.39, 0.29) is 11.5 Å². The molecule has 0 saturated heterocycles. The van der Waals surface area contributed by atoms with E-state index in [2.05, 4.69) is 25.1 Å². The van der Waals surface area contributed by atoms with Gasteiger partial charge >= 0.3 is 12.3 Å². The van der Waals surface area contributed by atoms with Crippen LogP contribution in [0.1, 0.15) is 0 Å². The average molecular weight is 430 g/mol. The minimum atomic E-state index is -3.26. The number of nitrogens with zero attached hydrogens (tertiary/aromatic N) is 5. The van der Waals surface area contributed by atoms with Gasteiger partial charge in [-0.1, -0.05) is 6.07 Å². The van der Waals surface area contributed by atoms with Crippen LogP contribution in [0.25, 0.3) is 22.2 Å².